The molecule has 31 heavy (non-hydrogen) atoms. The average molecular weight is 433 g/mol. The Morgan fingerprint density at radius 1 is 1.19 bits per heavy atom. The Bertz CT molecular complexity index is 1200. The number of esters is 1. The summed E-state index contributed by atoms with van der Waals surface area (Å²) in [5.41, 5.74) is 10.2. The number of nitrogens with two attached hydrogens (primary N) is 1. The number of nitrogens with zero attached hydrogens (tertiary/aromatic N) is 2. The summed E-state index contributed by atoms with van der Waals surface area (Å²) in [5.74, 6) is 0.859. The molecular formula is C23H20N4O3S. The number of hydrogen-bond acceptors (Lipinski definition) is 8. The molecule has 7 nitrogen and oxygen atoms in total. The minimum absolute atomic E-state index is 0.187. The van der Waals surface area contributed by atoms with Crippen molar-refractivity contribution >= 4 is 29.4 Å². The third-order valence-electron chi connectivity index (χ3n) is 5.32. The van der Waals surface area contributed by atoms with Crippen LogP contribution in [-0.4, -0.2) is 28.8 Å². The van der Waals surface area contributed by atoms with Crippen molar-refractivity contribution in [1.82, 2.24) is 9.97 Å². The van der Waals surface area contributed by atoms with Gasteiger partial charge in [-0.2, -0.15) is 0 Å². The van der Waals surface area contributed by atoms with Crippen LogP contribution in [0, 0.1) is 0 Å². The highest BCUT2D eigenvalue weighted by Gasteiger charge is 2.40. The van der Waals surface area contributed by atoms with Crippen LogP contribution in [0.4, 0.5) is 11.6 Å². The van der Waals surface area contributed by atoms with Gasteiger partial charge in [0.2, 0.25) is 0 Å². The van der Waals surface area contributed by atoms with E-state index in [4.69, 9.17) is 15.2 Å². The van der Waals surface area contributed by atoms with Gasteiger partial charge in [0.05, 0.1) is 17.2 Å². The summed E-state index contributed by atoms with van der Waals surface area (Å²) in [5, 5.41) is 3.79. The predicted octanol–water partition coefficient (Wildman–Crippen LogP) is 3.73. The summed E-state index contributed by atoms with van der Waals surface area (Å²) in [6, 6.07) is 17.6. The molecule has 0 amide bonds. The molecule has 3 aromatic rings. The van der Waals surface area contributed by atoms with Crippen molar-refractivity contribution in [2.24, 2.45) is 0 Å². The molecule has 8 heteroatoms. The Hall–Kier alpha value is -3.52. The molecule has 0 bridgehead atoms. The number of nitrogens with one attached hydrogen (secondary N) is 1. The van der Waals surface area contributed by atoms with Crippen molar-refractivity contribution in [1.29, 1.82) is 0 Å². The first kappa shape index (κ1) is 19.4. The van der Waals surface area contributed by atoms with Crippen molar-refractivity contribution in [2.75, 3.05) is 23.9 Å². The molecular weight excluding hydrogens is 412 g/mol. The van der Waals surface area contributed by atoms with E-state index in [0.717, 1.165) is 11.1 Å². The van der Waals surface area contributed by atoms with Crippen LogP contribution in [0.1, 0.15) is 22.6 Å². The van der Waals surface area contributed by atoms with Gasteiger partial charge in [-0.25, -0.2) is 14.8 Å². The molecule has 0 saturated heterocycles. The van der Waals surface area contributed by atoms with Crippen molar-refractivity contribution < 1.29 is 14.3 Å². The first-order valence-corrected chi connectivity index (χ1v) is 11.0. The zero-order chi connectivity index (χ0) is 21.4. The van der Waals surface area contributed by atoms with Crippen molar-refractivity contribution in [3.05, 3.63) is 82.6 Å². The summed E-state index contributed by atoms with van der Waals surface area (Å²) < 4.78 is 11.3. The molecule has 0 aliphatic carbocycles. The molecule has 0 saturated carbocycles. The van der Waals surface area contributed by atoms with E-state index in [9.17, 15) is 4.79 Å². The maximum Gasteiger partial charge on any atom is 0.337 e. The largest absolute Gasteiger partial charge is 0.489 e. The molecule has 3 heterocycles. The number of benzene rings is 2. The van der Waals surface area contributed by atoms with Gasteiger partial charge >= 0.3 is 5.97 Å². The number of nitrogen functional groups attached to an aromatic ring is 1. The van der Waals surface area contributed by atoms with E-state index in [2.05, 4.69) is 15.3 Å². The first-order valence-electron chi connectivity index (χ1n) is 9.79. The predicted molar refractivity (Wildman–Crippen MR) is 119 cm³/mol. The van der Waals surface area contributed by atoms with E-state index in [1.165, 1.54) is 11.8 Å². The first-order chi connectivity index (χ1) is 15.1. The number of thioether (sulfide) groups is 1. The number of carbonyl (C=O) groups is 1. The summed E-state index contributed by atoms with van der Waals surface area (Å²) in [4.78, 5) is 21.6. The van der Waals surface area contributed by atoms with Crippen LogP contribution < -0.4 is 15.8 Å². The van der Waals surface area contributed by atoms with Gasteiger partial charge in [-0.15, -0.1) is 0 Å². The molecule has 0 radical (unpaired) electrons. The van der Waals surface area contributed by atoms with Crippen molar-refractivity contribution in [2.45, 2.75) is 17.7 Å². The number of anilines is 2. The second kappa shape index (κ2) is 7.96. The Morgan fingerprint density at radius 2 is 2.03 bits per heavy atom. The Morgan fingerprint density at radius 3 is 2.84 bits per heavy atom. The maximum absolute atomic E-state index is 12.6. The molecule has 5 rings (SSSR count). The molecule has 2 aliphatic heterocycles. The fraction of sp³-hybridized carbons (Fsp3) is 0.174. The minimum Gasteiger partial charge on any atom is -0.489 e. The molecule has 2 aromatic carbocycles. The summed E-state index contributed by atoms with van der Waals surface area (Å²) in [7, 11) is 0. The van der Waals surface area contributed by atoms with Crippen LogP contribution in [0.5, 0.6) is 5.75 Å². The van der Waals surface area contributed by atoms with Crippen molar-refractivity contribution in [3.63, 3.8) is 0 Å². The summed E-state index contributed by atoms with van der Waals surface area (Å²) in [6.07, 6.45) is 1.89. The lowest BCUT2D eigenvalue weighted by Gasteiger charge is -2.27. The molecule has 0 spiro atoms. The fourth-order valence-electron chi connectivity index (χ4n) is 3.89. The van der Waals surface area contributed by atoms with E-state index in [1.54, 1.807) is 0 Å². The van der Waals surface area contributed by atoms with Gasteiger partial charge in [0, 0.05) is 5.56 Å². The quantitative estimate of drug-likeness (QED) is 0.357. The average Bonchev–Trinajstić information content (AvgIpc) is 3.17. The number of rotatable bonds is 5. The molecule has 2 aliphatic rings. The Kier molecular flexibility index (Phi) is 4.99. The minimum atomic E-state index is -0.433. The number of ether oxygens (including phenoxy) is 2. The molecule has 1 aromatic heterocycles. The second-order valence-corrected chi connectivity index (χ2v) is 8.00. The topological polar surface area (TPSA) is 99.4 Å². The lowest BCUT2D eigenvalue weighted by Crippen LogP contribution is -2.23. The van der Waals surface area contributed by atoms with E-state index < -0.39 is 5.92 Å². The number of aromatic nitrogens is 2. The smallest absolute Gasteiger partial charge is 0.337 e. The molecule has 0 unspecified atom stereocenters. The third kappa shape index (κ3) is 3.59. The molecule has 1 atom stereocenters. The van der Waals surface area contributed by atoms with E-state index in [-0.39, 0.29) is 12.6 Å². The van der Waals surface area contributed by atoms with Crippen LogP contribution in [-0.2, 0) is 16.1 Å². The second-order valence-electron chi connectivity index (χ2n) is 7.23. The molecule has 0 fully saturated rings. The fourth-order valence-corrected chi connectivity index (χ4v) is 4.27. The van der Waals surface area contributed by atoms with Crippen LogP contribution in [0.3, 0.4) is 0 Å². The van der Waals surface area contributed by atoms with Gasteiger partial charge in [0.25, 0.3) is 0 Å². The van der Waals surface area contributed by atoms with E-state index in [0.29, 0.717) is 46.0 Å². The van der Waals surface area contributed by atoms with Crippen LogP contribution in [0.25, 0.3) is 0 Å². The highest BCUT2D eigenvalue weighted by Crippen LogP contribution is 2.46. The van der Waals surface area contributed by atoms with Crippen LogP contribution in [0.15, 0.2) is 71.0 Å². The van der Waals surface area contributed by atoms with Crippen LogP contribution >= 0.6 is 11.8 Å². The SMILES string of the molecule is CSc1nc(N)c2c(n1)NC1=C(C(=O)OC1)[C@@H]2c1cccc(OCc2ccccc2)c1. The molecule has 3 N–H and O–H groups in total. The molecule has 156 valence electrons. The van der Waals surface area contributed by atoms with Gasteiger partial charge in [0.1, 0.15) is 30.6 Å². The van der Waals surface area contributed by atoms with Gasteiger partial charge in [0.15, 0.2) is 5.16 Å². The maximum atomic E-state index is 12.6. The van der Waals surface area contributed by atoms with Gasteiger partial charge in [-0.3, -0.25) is 0 Å². The lowest BCUT2D eigenvalue weighted by atomic mass is 9.82. The van der Waals surface area contributed by atoms with Crippen LogP contribution in [0.2, 0.25) is 0 Å². The Labute approximate surface area is 183 Å². The number of fused-ring (bicyclic) bond motifs is 1. The third-order valence-corrected chi connectivity index (χ3v) is 5.86. The number of carbonyl (C=O) groups excluding carboxylic acids is 1. The zero-order valence-corrected chi connectivity index (χ0v) is 17.6. The number of cyclic esters (lactones) is 1. The normalized spacial score (nSPS) is 16.9. The lowest BCUT2D eigenvalue weighted by molar-refractivity contribution is -0.136. The summed E-state index contributed by atoms with van der Waals surface area (Å²) >= 11 is 1.41. The highest BCUT2D eigenvalue weighted by molar-refractivity contribution is 7.98. The number of hydrogen-bond donors (Lipinski definition) is 2. The summed E-state index contributed by atoms with van der Waals surface area (Å²) in [6.45, 7) is 0.637. The zero-order valence-electron chi connectivity index (χ0n) is 16.8. The van der Waals surface area contributed by atoms with Gasteiger partial charge in [-0.05, 0) is 29.5 Å². The van der Waals surface area contributed by atoms with Gasteiger partial charge in [-0.1, -0.05) is 54.2 Å². The Balaban J connectivity index is 1.55. The van der Waals surface area contributed by atoms with Crippen molar-refractivity contribution in [3.8, 4) is 5.75 Å². The highest BCUT2D eigenvalue weighted by atomic mass is 32.2. The standard InChI is InChI=1S/C23H20N4O3S/c1-31-23-26-20(24)19-17(18-16(12-30-22(18)28)25-21(19)27-23)14-8-5-9-15(10-14)29-11-13-6-3-2-4-7-13/h2-10,17H,11-12H2,1H3,(H3,24,25,26,27)/t17-/m0/s1. The van der Waals surface area contributed by atoms with E-state index >= 15 is 0 Å². The van der Waals surface area contributed by atoms with E-state index in [1.807, 2.05) is 60.9 Å². The monoisotopic (exact) mass is 432 g/mol. The van der Waals surface area contributed by atoms with Gasteiger partial charge < -0.3 is 20.5 Å².